The summed E-state index contributed by atoms with van der Waals surface area (Å²) in [6, 6.07) is 1.15. The summed E-state index contributed by atoms with van der Waals surface area (Å²) in [5.74, 6) is 0. The summed E-state index contributed by atoms with van der Waals surface area (Å²) in [7, 11) is 1.71. The van der Waals surface area contributed by atoms with Crippen LogP contribution in [0.5, 0.6) is 0 Å². The third-order valence-corrected chi connectivity index (χ3v) is 4.00. The molecule has 1 fully saturated rings. The fourth-order valence-corrected chi connectivity index (χ4v) is 2.89. The fourth-order valence-electron chi connectivity index (χ4n) is 2.14. The molecule has 0 radical (unpaired) electrons. The summed E-state index contributed by atoms with van der Waals surface area (Å²) in [6.07, 6.45) is 0. The van der Waals surface area contributed by atoms with Gasteiger partial charge in [-0.25, -0.2) is 4.98 Å². The summed E-state index contributed by atoms with van der Waals surface area (Å²) >= 11 is 1.69. The molecule has 4 nitrogen and oxygen atoms in total. The zero-order valence-corrected chi connectivity index (χ0v) is 12.8. The van der Waals surface area contributed by atoms with Crippen LogP contribution < -0.4 is 5.32 Å². The van der Waals surface area contributed by atoms with Crippen molar-refractivity contribution in [1.82, 2.24) is 15.2 Å². The molecule has 0 amide bonds. The minimum atomic E-state index is 0. The van der Waals surface area contributed by atoms with Gasteiger partial charge < -0.3 is 10.1 Å². The van der Waals surface area contributed by atoms with Gasteiger partial charge in [0.25, 0.3) is 0 Å². The maximum absolute atomic E-state index is 5.09. The molecule has 0 bridgehead atoms. The number of nitrogens with zero attached hydrogens (tertiary/aromatic N) is 2. The second-order valence-corrected chi connectivity index (χ2v) is 5.70. The monoisotopic (exact) mass is 291 g/mol. The molecule has 1 aromatic rings. The van der Waals surface area contributed by atoms with E-state index in [2.05, 4.69) is 34.4 Å². The van der Waals surface area contributed by atoms with E-state index in [1.807, 2.05) is 0 Å². The van der Waals surface area contributed by atoms with Crippen molar-refractivity contribution in [3.63, 3.8) is 0 Å². The minimum absolute atomic E-state index is 0. The van der Waals surface area contributed by atoms with Gasteiger partial charge in [-0.05, 0) is 13.8 Å². The highest BCUT2D eigenvalue weighted by Crippen LogP contribution is 2.15. The van der Waals surface area contributed by atoms with Crippen molar-refractivity contribution in [1.29, 1.82) is 0 Å². The molecule has 18 heavy (non-hydrogen) atoms. The molecule has 2 unspecified atom stereocenters. The smallest absolute Gasteiger partial charge is 0.119 e. The fraction of sp³-hybridized carbons (Fsp3) is 0.750. The van der Waals surface area contributed by atoms with E-state index < -0.39 is 0 Å². The van der Waals surface area contributed by atoms with Crippen molar-refractivity contribution >= 4 is 23.7 Å². The number of methoxy groups -OCH3 is 1. The number of piperazine rings is 1. The van der Waals surface area contributed by atoms with Gasteiger partial charge in [-0.15, -0.1) is 23.7 Å². The van der Waals surface area contributed by atoms with E-state index in [-0.39, 0.29) is 12.4 Å². The quantitative estimate of drug-likeness (QED) is 0.919. The summed E-state index contributed by atoms with van der Waals surface area (Å²) in [5.41, 5.74) is 1.17. The Morgan fingerprint density at radius 3 is 3.06 bits per heavy atom. The molecule has 2 atom stereocenters. The third kappa shape index (κ3) is 4.17. The highest BCUT2D eigenvalue weighted by molar-refractivity contribution is 7.09. The molecule has 1 N–H and O–H groups in total. The Balaban J connectivity index is 0.00000162. The number of rotatable bonds is 4. The van der Waals surface area contributed by atoms with Gasteiger partial charge in [-0.3, -0.25) is 4.90 Å². The predicted molar refractivity (Wildman–Crippen MR) is 77.4 cm³/mol. The maximum atomic E-state index is 5.09. The van der Waals surface area contributed by atoms with Crippen LogP contribution in [0.1, 0.15) is 24.5 Å². The molecule has 1 aliphatic rings. The van der Waals surface area contributed by atoms with E-state index in [4.69, 9.17) is 4.74 Å². The van der Waals surface area contributed by atoms with Crippen LogP contribution in [0.2, 0.25) is 0 Å². The molecule has 1 saturated heterocycles. The molecule has 6 heteroatoms. The van der Waals surface area contributed by atoms with Crippen molar-refractivity contribution in [3.8, 4) is 0 Å². The normalized spacial score (nSPS) is 24.8. The molecular weight excluding hydrogens is 270 g/mol. The molecule has 2 rings (SSSR count). The number of nitrogens with one attached hydrogen (secondary N) is 1. The summed E-state index contributed by atoms with van der Waals surface area (Å²) < 4.78 is 5.09. The lowest BCUT2D eigenvalue weighted by atomic mass is 10.1. The van der Waals surface area contributed by atoms with Crippen molar-refractivity contribution in [2.75, 3.05) is 20.2 Å². The lowest BCUT2D eigenvalue weighted by molar-refractivity contribution is 0.137. The average Bonchev–Trinajstić information content (AvgIpc) is 2.72. The third-order valence-electron chi connectivity index (χ3n) is 3.13. The molecular formula is C12H22ClN3OS. The molecule has 0 aliphatic carbocycles. The van der Waals surface area contributed by atoms with Gasteiger partial charge in [0.1, 0.15) is 5.01 Å². The van der Waals surface area contributed by atoms with Gasteiger partial charge in [-0.2, -0.15) is 0 Å². The number of aromatic nitrogens is 1. The highest BCUT2D eigenvalue weighted by Gasteiger charge is 2.22. The van der Waals surface area contributed by atoms with E-state index in [1.165, 1.54) is 5.69 Å². The first-order valence-electron chi connectivity index (χ1n) is 6.08. The first kappa shape index (κ1) is 15.9. The van der Waals surface area contributed by atoms with Gasteiger partial charge in [0.2, 0.25) is 0 Å². The molecule has 2 heterocycles. The predicted octanol–water partition coefficient (Wildman–Crippen LogP) is 1.89. The minimum Gasteiger partial charge on any atom is -0.378 e. The van der Waals surface area contributed by atoms with Crippen molar-refractivity contribution in [2.24, 2.45) is 0 Å². The van der Waals surface area contributed by atoms with Gasteiger partial charge in [0.05, 0.1) is 12.3 Å². The standard InChI is InChI=1S/C12H21N3OS.ClH/c1-9-5-15(10(2)4-13-9)6-11-8-17-12(14-11)7-16-3;/h8-10,13H,4-7H2,1-3H3;1H. The molecule has 1 aliphatic heterocycles. The van der Waals surface area contributed by atoms with E-state index in [1.54, 1.807) is 18.4 Å². The Bertz CT molecular complexity index is 361. The zero-order valence-electron chi connectivity index (χ0n) is 11.2. The molecule has 1 aromatic heterocycles. The van der Waals surface area contributed by atoms with E-state index >= 15 is 0 Å². The van der Waals surface area contributed by atoms with Gasteiger partial charge in [0, 0.05) is 44.2 Å². The number of hydrogen-bond acceptors (Lipinski definition) is 5. The number of halogens is 1. The Hall–Kier alpha value is -0.200. The van der Waals surface area contributed by atoms with Crippen LogP contribution in [0.25, 0.3) is 0 Å². The highest BCUT2D eigenvalue weighted by atomic mass is 35.5. The molecule has 0 saturated carbocycles. The average molecular weight is 292 g/mol. The summed E-state index contributed by atoms with van der Waals surface area (Å²) in [4.78, 5) is 7.08. The molecule has 0 spiro atoms. The molecule has 0 aromatic carbocycles. The Labute approximate surface area is 119 Å². The lowest BCUT2D eigenvalue weighted by Crippen LogP contribution is -2.53. The van der Waals surface area contributed by atoms with E-state index in [0.29, 0.717) is 18.7 Å². The first-order valence-corrected chi connectivity index (χ1v) is 6.96. The Morgan fingerprint density at radius 2 is 2.33 bits per heavy atom. The second kappa shape index (κ2) is 7.40. The molecule has 104 valence electrons. The van der Waals surface area contributed by atoms with Crippen LogP contribution in [0.3, 0.4) is 0 Å². The lowest BCUT2D eigenvalue weighted by Gasteiger charge is -2.37. The Morgan fingerprint density at radius 1 is 1.56 bits per heavy atom. The van der Waals surface area contributed by atoms with Crippen LogP contribution in [0, 0.1) is 0 Å². The van der Waals surface area contributed by atoms with E-state index in [0.717, 1.165) is 24.6 Å². The van der Waals surface area contributed by atoms with Crippen LogP contribution in [0.4, 0.5) is 0 Å². The summed E-state index contributed by atoms with van der Waals surface area (Å²) in [5, 5.41) is 6.71. The second-order valence-electron chi connectivity index (χ2n) is 4.75. The van der Waals surface area contributed by atoms with Gasteiger partial charge in [0.15, 0.2) is 0 Å². The number of hydrogen-bond donors (Lipinski definition) is 1. The maximum Gasteiger partial charge on any atom is 0.119 e. The van der Waals surface area contributed by atoms with Gasteiger partial charge >= 0.3 is 0 Å². The van der Waals surface area contributed by atoms with Crippen LogP contribution in [0.15, 0.2) is 5.38 Å². The van der Waals surface area contributed by atoms with Crippen molar-refractivity contribution in [2.45, 2.75) is 39.1 Å². The van der Waals surface area contributed by atoms with Gasteiger partial charge in [-0.1, -0.05) is 0 Å². The number of thiazole rings is 1. The SMILES string of the molecule is COCc1nc(CN2CC(C)NCC2C)cs1.Cl. The largest absolute Gasteiger partial charge is 0.378 e. The topological polar surface area (TPSA) is 37.4 Å². The zero-order chi connectivity index (χ0) is 12.3. The van der Waals surface area contributed by atoms with Crippen LogP contribution in [-0.4, -0.2) is 42.2 Å². The number of ether oxygens (including phenoxy) is 1. The Kier molecular flexibility index (Phi) is 6.52. The summed E-state index contributed by atoms with van der Waals surface area (Å²) in [6.45, 7) is 8.23. The van der Waals surface area contributed by atoms with Crippen LogP contribution >= 0.6 is 23.7 Å². The van der Waals surface area contributed by atoms with Crippen molar-refractivity contribution < 1.29 is 4.74 Å². The van der Waals surface area contributed by atoms with Crippen molar-refractivity contribution in [3.05, 3.63) is 16.1 Å². The van der Waals surface area contributed by atoms with Crippen LogP contribution in [-0.2, 0) is 17.9 Å². The first-order chi connectivity index (χ1) is 8.19. The van der Waals surface area contributed by atoms with E-state index in [9.17, 15) is 0 Å².